The van der Waals surface area contributed by atoms with Crippen LogP contribution in [-0.2, 0) is 27.3 Å². The van der Waals surface area contributed by atoms with Crippen molar-refractivity contribution in [3.8, 4) is 11.1 Å². The fourth-order valence-electron chi connectivity index (χ4n) is 5.46. The third-order valence-corrected chi connectivity index (χ3v) is 8.56. The Hall–Kier alpha value is -4.44. The number of benzene rings is 3. The van der Waals surface area contributed by atoms with Crippen LogP contribution < -0.4 is 5.32 Å². The van der Waals surface area contributed by atoms with Crippen LogP contribution >= 0.6 is 11.8 Å². The summed E-state index contributed by atoms with van der Waals surface area (Å²) >= 11 is 1.05. The molecular weight excluding hydrogens is 602 g/mol. The Morgan fingerprint density at radius 2 is 1.76 bits per heavy atom. The maximum Gasteiger partial charge on any atom is 0.336 e. The van der Waals surface area contributed by atoms with E-state index in [-0.39, 0.29) is 29.2 Å². The van der Waals surface area contributed by atoms with Gasteiger partial charge in [-0.2, -0.15) is 0 Å². The van der Waals surface area contributed by atoms with E-state index < -0.39 is 11.9 Å². The minimum Gasteiger partial charge on any atom is -0.478 e. The van der Waals surface area contributed by atoms with Crippen molar-refractivity contribution in [3.63, 3.8) is 0 Å². The monoisotopic (exact) mass is 643 g/mol. The van der Waals surface area contributed by atoms with Crippen LogP contribution in [0, 0.1) is 12.8 Å². The number of aromatic carboxylic acids is 1. The van der Waals surface area contributed by atoms with Gasteiger partial charge < -0.3 is 19.7 Å². The minimum absolute atomic E-state index is 0.227. The van der Waals surface area contributed by atoms with Crippen molar-refractivity contribution in [2.45, 2.75) is 66.5 Å². The molecule has 0 aliphatic rings. The molecule has 2 N–H and O–H groups in total. The van der Waals surface area contributed by atoms with E-state index in [0.717, 1.165) is 58.2 Å². The lowest BCUT2D eigenvalue weighted by Gasteiger charge is -2.20. The van der Waals surface area contributed by atoms with Crippen LogP contribution in [0.2, 0.25) is 0 Å². The first-order valence-corrected chi connectivity index (χ1v) is 16.5. The molecule has 0 spiro atoms. The summed E-state index contributed by atoms with van der Waals surface area (Å²) in [6.45, 7) is 9.69. The average Bonchev–Trinajstić information content (AvgIpc) is 3.36. The number of carbonyl (C=O) groups excluding carboxylic acids is 3. The summed E-state index contributed by atoms with van der Waals surface area (Å²) in [5.74, 6) is -0.108. The van der Waals surface area contributed by atoms with Crippen molar-refractivity contribution in [1.82, 2.24) is 14.9 Å². The number of carbonyl (C=O) groups is 4. The van der Waals surface area contributed by atoms with E-state index in [1.54, 1.807) is 12.1 Å². The third kappa shape index (κ3) is 8.84. The molecule has 10 heteroatoms. The smallest absolute Gasteiger partial charge is 0.336 e. The van der Waals surface area contributed by atoms with Gasteiger partial charge in [0.15, 0.2) is 6.61 Å². The summed E-state index contributed by atoms with van der Waals surface area (Å²) in [6.07, 6.45) is 2.37. The quantitative estimate of drug-likeness (QED) is 0.146. The van der Waals surface area contributed by atoms with Gasteiger partial charge in [0.25, 0.3) is 5.91 Å². The Labute approximate surface area is 273 Å². The lowest BCUT2D eigenvalue weighted by molar-refractivity contribution is -0.143. The first-order valence-electron chi connectivity index (χ1n) is 15.5. The second kappa shape index (κ2) is 15.7. The molecule has 0 aliphatic carbocycles. The van der Waals surface area contributed by atoms with E-state index in [4.69, 9.17) is 9.72 Å². The van der Waals surface area contributed by atoms with Crippen molar-refractivity contribution >= 4 is 45.8 Å². The largest absolute Gasteiger partial charge is 0.478 e. The molecule has 0 saturated carbocycles. The van der Waals surface area contributed by atoms with E-state index in [0.29, 0.717) is 35.8 Å². The second-order valence-electron chi connectivity index (χ2n) is 11.8. The van der Waals surface area contributed by atoms with E-state index in [1.807, 2.05) is 55.5 Å². The van der Waals surface area contributed by atoms with Crippen molar-refractivity contribution < 1.29 is 29.0 Å². The molecule has 1 amide bonds. The van der Waals surface area contributed by atoms with Crippen LogP contribution in [0.15, 0.2) is 60.7 Å². The predicted molar refractivity (Wildman–Crippen MR) is 181 cm³/mol. The highest BCUT2D eigenvalue weighted by Gasteiger charge is 2.21. The Bertz CT molecular complexity index is 1730. The topological polar surface area (TPSA) is 128 Å². The molecule has 0 fully saturated rings. The summed E-state index contributed by atoms with van der Waals surface area (Å²) in [6, 6.07) is 18.3. The number of carboxylic acids is 1. The van der Waals surface area contributed by atoms with Crippen molar-refractivity contribution in [2.24, 2.45) is 5.92 Å². The Balaban J connectivity index is 1.60. The summed E-state index contributed by atoms with van der Waals surface area (Å²) in [5, 5.41) is 12.5. The standard InChI is InChI=1S/C36H41N3O6S/c1-6-9-32-38-34-23(4)17-27(35(42)37-28(16-22(2)3)21-46-33(41)20-45-24(5)40)18-31(34)39(32)19-25-12-14-26(15-13-25)29-10-7-8-11-30(29)36(43)44/h7-8,10-15,17-18,22,28H,6,9,16,19-21H2,1-5H3,(H,37,42)(H,43,44)/t28-/m1/s1. The predicted octanol–water partition coefficient (Wildman–Crippen LogP) is 6.68. The number of hydrogen-bond donors (Lipinski definition) is 2. The highest BCUT2D eigenvalue weighted by atomic mass is 32.2. The number of fused-ring (bicyclic) bond motifs is 1. The number of carboxylic acid groups (broad SMARTS) is 1. The Morgan fingerprint density at radius 3 is 2.41 bits per heavy atom. The van der Waals surface area contributed by atoms with E-state index in [2.05, 4.69) is 30.7 Å². The summed E-state index contributed by atoms with van der Waals surface area (Å²) in [4.78, 5) is 53.6. The van der Waals surface area contributed by atoms with Gasteiger partial charge in [0.1, 0.15) is 5.82 Å². The summed E-state index contributed by atoms with van der Waals surface area (Å²) < 4.78 is 6.96. The van der Waals surface area contributed by atoms with Crippen LogP contribution in [0.1, 0.15) is 78.2 Å². The number of nitrogens with zero attached hydrogens (tertiary/aromatic N) is 2. The van der Waals surface area contributed by atoms with Crippen molar-refractivity contribution in [1.29, 1.82) is 0 Å². The first-order chi connectivity index (χ1) is 22.0. The molecule has 3 aromatic carbocycles. The van der Waals surface area contributed by atoms with Gasteiger partial charge in [-0.25, -0.2) is 9.78 Å². The van der Waals surface area contributed by atoms with Crippen molar-refractivity contribution in [3.05, 3.63) is 88.7 Å². The zero-order valence-electron chi connectivity index (χ0n) is 27.0. The summed E-state index contributed by atoms with van der Waals surface area (Å²) in [7, 11) is 0. The number of nitrogens with one attached hydrogen (secondary N) is 1. The number of esters is 1. The molecule has 0 radical (unpaired) electrons. The molecule has 242 valence electrons. The molecule has 0 saturated heterocycles. The van der Waals surface area contributed by atoms with Crippen LogP contribution in [0.5, 0.6) is 0 Å². The van der Waals surface area contributed by atoms with Crippen LogP contribution in [0.4, 0.5) is 0 Å². The molecule has 0 unspecified atom stereocenters. The fraction of sp³-hybridized carbons (Fsp3) is 0.361. The molecule has 1 atom stereocenters. The molecule has 0 aliphatic heterocycles. The van der Waals surface area contributed by atoms with E-state index in [1.165, 1.54) is 6.92 Å². The molecule has 9 nitrogen and oxygen atoms in total. The average molecular weight is 644 g/mol. The number of amides is 1. The number of aryl methyl sites for hydroxylation is 2. The normalized spacial score (nSPS) is 11.9. The molecule has 46 heavy (non-hydrogen) atoms. The maximum absolute atomic E-state index is 13.6. The zero-order chi connectivity index (χ0) is 33.4. The Morgan fingerprint density at radius 1 is 1.04 bits per heavy atom. The molecule has 4 rings (SSSR count). The summed E-state index contributed by atoms with van der Waals surface area (Å²) in [5.41, 5.74) is 5.88. The van der Waals surface area contributed by atoms with Gasteiger partial charge in [0.05, 0.1) is 16.6 Å². The van der Waals surface area contributed by atoms with Crippen LogP contribution in [-0.4, -0.2) is 56.0 Å². The SMILES string of the molecule is CCCc1nc2c(C)cc(C(=O)N[C@@H](CSC(=O)COC(C)=O)CC(C)C)cc2n1Cc1ccc(-c2ccccc2C(=O)O)cc1. The lowest BCUT2D eigenvalue weighted by Crippen LogP contribution is -2.38. The fourth-order valence-corrected chi connectivity index (χ4v) is 6.21. The lowest BCUT2D eigenvalue weighted by atomic mass is 9.98. The number of thioether (sulfide) groups is 1. The van der Waals surface area contributed by atoms with Gasteiger partial charge in [-0.1, -0.05) is 75.0 Å². The number of aromatic nitrogens is 2. The van der Waals surface area contributed by atoms with Gasteiger partial charge in [-0.15, -0.1) is 0 Å². The zero-order valence-corrected chi connectivity index (χ0v) is 27.8. The number of ether oxygens (including phenoxy) is 1. The number of rotatable bonds is 14. The Kier molecular flexibility index (Phi) is 11.8. The highest BCUT2D eigenvalue weighted by Crippen LogP contribution is 2.27. The van der Waals surface area contributed by atoms with Gasteiger partial charge in [0.2, 0.25) is 5.12 Å². The maximum atomic E-state index is 13.6. The third-order valence-electron chi connectivity index (χ3n) is 7.55. The minimum atomic E-state index is -0.967. The second-order valence-corrected chi connectivity index (χ2v) is 12.9. The highest BCUT2D eigenvalue weighted by molar-refractivity contribution is 8.13. The van der Waals surface area contributed by atoms with Gasteiger partial charge >= 0.3 is 11.9 Å². The molecule has 1 heterocycles. The van der Waals surface area contributed by atoms with E-state index in [9.17, 15) is 24.3 Å². The molecule has 1 aromatic heterocycles. The van der Waals surface area contributed by atoms with Gasteiger partial charge in [-0.05, 0) is 66.1 Å². The number of hydrogen-bond acceptors (Lipinski definition) is 7. The number of imidazole rings is 1. The van der Waals surface area contributed by atoms with Crippen LogP contribution in [0.25, 0.3) is 22.2 Å². The molecular formula is C36H41N3O6S. The van der Waals surface area contributed by atoms with Crippen molar-refractivity contribution in [2.75, 3.05) is 12.4 Å². The van der Waals surface area contributed by atoms with E-state index >= 15 is 0 Å². The van der Waals surface area contributed by atoms with Gasteiger partial charge in [0, 0.05) is 37.2 Å². The molecule has 4 aromatic rings. The van der Waals surface area contributed by atoms with Crippen LogP contribution in [0.3, 0.4) is 0 Å². The first kappa shape index (κ1) is 34.4. The molecule has 0 bridgehead atoms. The van der Waals surface area contributed by atoms with Gasteiger partial charge in [-0.3, -0.25) is 14.4 Å².